The van der Waals surface area contributed by atoms with Crippen LogP contribution >= 0.6 is 22.9 Å². The average molecular weight is 565 g/mol. The van der Waals surface area contributed by atoms with Crippen LogP contribution in [0.5, 0.6) is 11.5 Å². The van der Waals surface area contributed by atoms with E-state index in [9.17, 15) is 19.1 Å². The highest BCUT2D eigenvalue weighted by molar-refractivity contribution is 7.17. The first-order valence-electron chi connectivity index (χ1n) is 11.8. The van der Waals surface area contributed by atoms with E-state index in [1.807, 2.05) is 30.3 Å². The van der Waals surface area contributed by atoms with E-state index in [4.69, 9.17) is 21.1 Å². The summed E-state index contributed by atoms with van der Waals surface area (Å²) in [5, 5.41) is 11.5. The molecule has 4 aromatic rings. The molecule has 0 bridgehead atoms. The monoisotopic (exact) mass is 564 g/mol. The highest BCUT2D eigenvalue weighted by Crippen LogP contribution is 2.45. The molecule has 10 heteroatoms. The van der Waals surface area contributed by atoms with E-state index in [1.165, 1.54) is 42.6 Å². The number of anilines is 1. The molecule has 1 amide bonds. The number of aryl methyl sites for hydroxylation is 1. The van der Waals surface area contributed by atoms with Gasteiger partial charge in [-0.3, -0.25) is 14.5 Å². The SMILES string of the molecule is COc1ccc(C2C(C(=O)c3sc(-c4ccccc4)nc3C)=C(O)C(=O)N2c2ccc(F)c(Cl)c2)cc1OC. The molecule has 1 atom stereocenters. The second-order valence-electron chi connectivity index (χ2n) is 8.68. The number of hydrogen-bond acceptors (Lipinski definition) is 7. The quantitative estimate of drug-likeness (QED) is 0.251. The number of halogens is 2. The predicted molar refractivity (Wildman–Crippen MR) is 147 cm³/mol. The third-order valence-electron chi connectivity index (χ3n) is 6.38. The van der Waals surface area contributed by atoms with Gasteiger partial charge >= 0.3 is 0 Å². The van der Waals surface area contributed by atoms with Crippen LogP contribution in [-0.2, 0) is 4.79 Å². The number of rotatable bonds is 7. The van der Waals surface area contributed by atoms with Gasteiger partial charge in [-0.05, 0) is 42.8 Å². The molecular weight excluding hydrogens is 543 g/mol. The topological polar surface area (TPSA) is 89.0 Å². The van der Waals surface area contributed by atoms with Crippen LogP contribution in [0, 0.1) is 12.7 Å². The molecule has 0 spiro atoms. The highest BCUT2D eigenvalue weighted by atomic mass is 35.5. The van der Waals surface area contributed by atoms with E-state index < -0.39 is 29.3 Å². The summed E-state index contributed by atoms with van der Waals surface area (Å²) < 4.78 is 24.8. The van der Waals surface area contributed by atoms with Crippen LogP contribution in [0.4, 0.5) is 10.1 Å². The van der Waals surface area contributed by atoms with Gasteiger partial charge < -0.3 is 14.6 Å². The first-order chi connectivity index (χ1) is 18.7. The van der Waals surface area contributed by atoms with Crippen LogP contribution in [0.25, 0.3) is 10.6 Å². The summed E-state index contributed by atoms with van der Waals surface area (Å²) in [6.07, 6.45) is 0. The molecule has 1 unspecified atom stereocenters. The third kappa shape index (κ3) is 4.64. The molecule has 0 aliphatic carbocycles. The fourth-order valence-electron chi connectivity index (χ4n) is 4.51. The number of benzene rings is 3. The van der Waals surface area contributed by atoms with Crippen molar-refractivity contribution in [3.05, 3.63) is 105 Å². The number of carbonyl (C=O) groups excluding carboxylic acids is 2. The normalized spacial score (nSPS) is 15.2. The molecule has 1 aliphatic heterocycles. The molecule has 5 rings (SSSR count). The zero-order chi connectivity index (χ0) is 27.8. The Labute approximate surface area is 232 Å². The number of thiazole rings is 1. The number of aliphatic hydroxyl groups excluding tert-OH is 1. The molecule has 7 nitrogen and oxygen atoms in total. The van der Waals surface area contributed by atoms with Gasteiger partial charge in [0.25, 0.3) is 5.91 Å². The number of Topliss-reactive ketones (excluding diaryl/α,β-unsaturated/α-hetero) is 1. The average Bonchev–Trinajstić information content (AvgIpc) is 3.47. The van der Waals surface area contributed by atoms with Crippen molar-refractivity contribution in [2.75, 3.05) is 19.1 Å². The lowest BCUT2D eigenvalue weighted by Crippen LogP contribution is -2.31. The van der Waals surface area contributed by atoms with Crippen molar-refractivity contribution in [3.63, 3.8) is 0 Å². The van der Waals surface area contributed by atoms with Crippen LogP contribution in [0.3, 0.4) is 0 Å². The number of hydrogen-bond donors (Lipinski definition) is 1. The Morgan fingerprint density at radius 1 is 1.05 bits per heavy atom. The summed E-state index contributed by atoms with van der Waals surface area (Å²) in [6.45, 7) is 1.70. The summed E-state index contributed by atoms with van der Waals surface area (Å²) in [5.74, 6) is -1.96. The molecule has 3 aromatic carbocycles. The van der Waals surface area contributed by atoms with Gasteiger partial charge in [-0.15, -0.1) is 11.3 Å². The van der Waals surface area contributed by atoms with Gasteiger partial charge in [0.05, 0.1) is 41.4 Å². The highest BCUT2D eigenvalue weighted by Gasteiger charge is 2.45. The zero-order valence-corrected chi connectivity index (χ0v) is 22.6. The number of amides is 1. The van der Waals surface area contributed by atoms with Gasteiger partial charge in [0.2, 0.25) is 5.78 Å². The van der Waals surface area contributed by atoms with Crippen molar-refractivity contribution in [3.8, 4) is 22.1 Å². The second-order valence-corrected chi connectivity index (χ2v) is 10.1. The lowest BCUT2D eigenvalue weighted by Gasteiger charge is -2.27. The Morgan fingerprint density at radius 3 is 2.44 bits per heavy atom. The van der Waals surface area contributed by atoms with Gasteiger partial charge in [0, 0.05) is 11.3 Å². The van der Waals surface area contributed by atoms with Crippen molar-refractivity contribution >= 4 is 40.3 Å². The van der Waals surface area contributed by atoms with Crippen molar-refractivity contribution in [2.45, 2.75) is 13.0 Å². The molecule has 0 saturated carbocycles. The Kier molecular flexibility index (Phi) is 7.12. The van der Waals surface area contributed by atoms with E-state index >= 15 is 0 Å². The number of methoxy groups -OCH3 is 2. The molecule has 198 valence electrons. The molecule has 39 heavy (non-hydrogen) atoms. The minimum Gasteiger partial charge on any atom is -0.503 e. The van der Waals surface area contributed by atoms with E-state index in [0.29, 0.717) is 27.8 Å². The maximum absolute atomic E-state index is 14.1. The summed E-state index contributed by atoms with van der Waals surface area (Å²) >= 11 is 7.21. The Balaban J connectivity index is 1.67. The van der Waals surface area contributed by atoms with E-state index in [0.717, 1.165) is 11.6 Å². The third-order valence-corrected chi connectivity index (χ3v) is 7.88. The Morgan fingerprint density at radius 2 is 1.77 bits per heavy atom. The molecule has 0 fully saturated rings. The van der Waals surface area contributed by atoms with Gasteiger partial charge in [0.1, 0.15) is 10.8 Å². The van der Waals surface area contributed by atoms with Gasteiger partial charge in [-0.25, -0.2) is 9.37 Å². The van der Waals surface area contributed by atoms with E-state index in [2.05, 4.69) is 4.98 Å². The predicted octanol–water partition coefficient (Wildman–Crippen LogP) is 6.71. The molecule has 2 heterocycles. The smallest absolute Gasteiger partial charge is 0.294 e. The molecule has 1 N–H and O–H groups in total. The molecule has 1 aliphatic rings. The first kappa shape index (κ1) is 26.4. The van der Waals surface area contributed by atoms with Crippen LogP contribution < -0.4 is 14.4 Å². The van der Waals surface area contributed by atoms with Gasteiger partial charge in [-0.2, -0.15) is 0 Å². The van der Waals surface area contributed by atoms with Crippen molar-refractivity contribution in [2.24, 2.45) is 0 Å². The zero-order valence-electron chi connectivity index (χ0n) is 21.1. The number of ether oxygens (including phenoxy) is 2. The summed E-state index contributed by atoms with van der Waals surface area (Å²) in [4.78, 5) is 33.6. The molecule has 0 saturated heterocycles. The van der Waals surface area contributed by atoms with Gasteiger partial charge in [-0.1, -0.05) is 48.0 Å². The Hall–Kier alpha value is -4.21. The Bertz CT molecular complexity index is 1640. The van der Waals surface area contributed by atoms with Crippen molar-refractivity contribution in [1.82, 2.24) is 4.98 Å². The number of nitrogens with zero attached hydrogens (tertiary/aromatic N) is 2. The number of aliphatic hydroxyl groups is 1. The maximum atomic E-state index is 14.1. The standard InChI is InChI=1S/C29H22ClFN2O5S/c1-15-27(39-28(32-15)16-7-5-4-6-8-16)25(34)23-24(17-9-12-21(37-2)22(13-17)38-3)33(29(36)26(23)35)18-10-11-20(31)19(30)14-18/h4-14,24,35H,1-3H3. The van der Waals surface area contributed by atoms with E-state index in [1.54, 1.807) is 25.1 Å². The molecule has 1 aromatic heterocycles. The molecule has 0 radical (unpaired) electrons. The lowest BCUT2D eigenvalue weighted by molar-refractivity contribution is -0.117. The first-order valence-corrected chi connectivity index (χ1v) is 13.0. The van der Waals surface area contributed by atoms with Crippen LogP contribution in [0.2, 0.25) is 5.02 Å². The molecular formula is C29H22ClFN2O5S. The minimum atomic E-state index is -1.08. The maximum Gasteiger partial charge on any atom is 0.294 e. The van der Waals surface area contributed by atoms with Crippen LogP contribution in [0.15, 0.2) is 78.1 Å². The van der Waals surface area contributed by atoms with Crippen LogP contribution in [-0.4, -0.2) is 36.0 Å². The second kappa shape index (κ2) is 10.5. The van der Waals surface area contributed by atoms with E-state index in [-0.39, 0.29) is 21.2 Å². The van der Waals surface area contributed by atoms with Crippen molar-refractivity contribution in [1.29, 1.82) is 0 Å². The number of ketones is 1. The van der Waals surface area contributed by atoms with Crippen molar-refractivity contribution < 1.29 is 28.6 Å². The number of carbonyl (C=O) groups is 2. The largest absolute Gasteiger partial charge is 0.503 e. The van der Waals surface area contributed by atoms with Crippen LogP contribution in [0.1, 0.15) is 27.0 Å². The summed E-state index contributed by atoms with van der Waals surface area (Å²) in [7, 11) is 2.95. The fourth-order valence-corrected chi connectivity index (χ4v) is 5.71. The summed E-state index contributed by atoms with van der Waals surface area (Å²) in [6, 6.07) is 17.0. The number of aromatic nitrogens is 1. The fraction of sp³-hybridized carbons (Fsp3) is 0.138. The summed E-state index contributed by atoms with van der Waals surface area (Å²) in [5.41, 5.74) is 1.82. The lowest BCUT2D eigenvalue weighted by atomic mass is 9.94. The van der Waals surface area contributed by atoms with Gasteiger partial charge in [0.15, 0.2) is 17.3 Å². The minimum absolute atomic E-state index is 0.140.